The van der Waals surface area contributed by atoms with Crippen LogP contribution in [0, 0.1) is 0 Å². The molecule has 7 nitrogen and oxygen atoms in total. The van der Waals surface area contributed by atoms with Gasteiger partial charge in [-0.25, -0.2) is 13.2 Å². The molecule has 0 saturated carbocycles. The summed E-state index contributed by atoms with van der Waals surface area (Å²) in [6, 6.07) is 0. The second kappa shape index (κ2) is 6.09. The average Bonchev–Trinajstić information content (AvgIpc) is 2.84. The molecule has 0 spiro atoms. The molecule has 2 aliphatic heterocycles. The molecule has 0 aromatic heterocycles. The first-order chi connectivity index (χ1) is 9.40. The number of ether oxygens (including phenoxy) is 1. The van der Waals surface area contributed by atoms with E-state index in [0.717, 1.165) is 6.42 Å². The van der Waals surface area contributed by atoms with Gasteiger partial charge in [-0.1, -0.05) is 6.42 Å². The summed E-state index contributed by atoms with van der Waals surface area (Å²) in [7, 11) is -3.34. The molecule has 0 aromatic carbocycles. The van der Waals surface area contributed by atoms with Crippen LogP contribution in [0.1, 0.15) is 32.1 Å². The van der Waals surface area contributed by atoms with Gasteiger partial charge in [0.15, 0.2) is 15.9 Å². The highest BCUT2D eigenvalue weighted by Crippen LogP contribution is 2.21. The third kappa shape index (κ3) is 3.49. The van der Waals surface area contributed by atoms with E-state index in [1.165, 1.54) is 0 Å². The molecule has 2 heterocycles. The van der Waals surface area contributed by atoms with Crippen LogP contribution in [-0.2, 0) is 24.2 Å². The predicted molar refractivity (Wildman–Crippen MR) is 70.0 cm³/mol. The Morgan fingerprint density at radius 1 is 1.20 bits per heavy atom. The van der Waals surface area contributed by atoms with E-state index in [9.17, 15) is 18.0 Å². The Bertz CT molecular complexity index is 488. The van der Waals surface area contributed by atoms with Crippen molar-refractivity contribution in [2.24, 2.45) is 0 Å². The first-order valence-corrected chi connectivity index (χ1v) is 8.49. The molecule has 2 aliphatic rings. The quantitative estimate of drug-likeness (QED) is 0.738. The number of aliphatic carboxylic acids is 1. The molecule has 8 heteroatoms. The van der Waals surface area contributed by atoms with Gasteiger partial charge in [-0.05, 0) is 25.7 Å². The van der Waals surface area contributed by atoms with Gasteiger partial charge in [0.1, 0.15) is 5.25 Å². The highest BCUT2D eigenvalue weighted by Gasteiger charge is 2.36. The van der Waals surface area contributed by atoms with E-state index in [4.69, 9.17) is 9.84 Å². The molecule has 2 fully saturated rings. The van der Waals surface area contributed by atoms with Gasteiger partial charge >= 0.3 is 5.97 Å². The van der Waals surface area contributed by atoms with Crippen molar-refractivity contribution in [1.82, 2.24) is 5.32 Å². The fourth-order valence-corrected chi connectivity index (χ4v) is 4.44. The summed E-state index contributed by atoms with van der Waals surface area (Å²) in [5.74, 6) is -1.44. The first-order valence-electron chi connectivity index (χ1n) is 6.77. The minimum absolute atomic E-state index is 0.0616. The number of amides is 1. The van der Waals surface area contributed by atoms with Crippen LogP contribution in [-0.4, -0.2) is 55.2 Å². The SMILES string of the molecule is O=C(O)C1CCC(CNC(=O)C2CCCCS2(=O)=O)O1. The van der Waals surface area contributed by atoms with Crippen molar-refractivity contribution in [1.29, 1.82) is 0 Å². The van der Waals surface area contributed by atoms with E-state index < -0.39 is 33.1 Å². The Hall–Kier alpha value is -1.15. The molecule has 0 aliphatic carbocycles. The van der Waals surface area contributed by atoms with Crippen molar-refractivity contribution in [3.63, 3.8) is 0 Å². The van der Waals surface area contributed by atoms with Crippen molar-refractivity contribution in [3.8, 4) is 0 Å². The Morgan fingerprint density at radius 3 is 2.55 bits per heavy atom. The average molecular weight is 305 g/mol. The zero-order chi connectivity index (χ0) is 14.8. The van der Waals surface area contributed by atoms with Crippen molar-refractivity contribution in [3.05, 3.63) is 0 Å². The highest BCUT2D eigenvalue weighted by molar-refractivity contribution is 7.92. The summed E-state index contributed by atoms with van der Waals surface area (Å²) < 4.78 is 28.8. The molecule has 2 saturated heterocycles. The maximum Gasteiger partial charge on any atom is 0.332 e. The van der Waals surface area contributed by atoms with Gasteiger partial charge < -0.3 is 15.2 Å². The van der Waals surface area contributed by atoms with Crippen LogP contribution in [0.3, 0.4) is 0 Å². The lowest BCUT2D eigenvalue weighted by Crippen LogP contribution is -2.45. The summed E-state index contributed by atoms with van der Waals surface area (Å²) in [5, 5.41) is 10.4. The fourth-order valence-electron chi connectivity index (χ4n) is 2.61. The summed E-state index contributed by atoms with van der Waals surface area (Å²) in [6.07, 6.45) is 1.49. The zero-order valence-corrected chi connectivity index (χ0v) is 11.9. The van der Waals surface area contributed by atoms with E-state index in [1.54, 1.807) is 0 Å². The van der Waals surface area contributed by atoms with Crippen LogP contribution in [0.4, 0.5) is 0 Å². The molecule has 20 heavy (non-hydrogen) atoms. The van der Waals surface area contributed by atoms with Crippen molar-refractivity contribution >= 4 is 21.7 Å². The molecule has 114 valence electrons. The number of carboxylic acids is 1. The Balaban J connectivity index is 1.82. The second-order valence-electron chi connectivity index (χ2n) is 5.26. The number of carbonyl (C=O) groups is 2. The molecular formula is C12H19NO6S. The van der Waals surface area contributed by atoms with Crippen molar-refractivity contribution < 1.29 is 27.9 Å². The molecule has 0 bridgehead atoms. The molecule has 2 N–H and O–H groups in total. The molecule has 3 atom stereocenters. The van der Waals surface area contributed by atoms with Crippen LogP contribution in [0.2, 0.25) is 0 Å². The lowest BCUT2D eigenvalue weighted by molar-refractivity contribution is -0.149. The molecular weight excluding hydrogens is 286 g/mol. The van der Waals surface area contributed by atoms with Crippen LogP contribution >= 0.6 is 0 Å². The summed E-state index contributed by atoms with van der Waals surface area (Å²) >= 11 is 0. The molecule has 2 rings (SSSR count). The zero-order valence-electron chi connectivity index (χ0n) is 11.1. The first kappa shape index (κ1) is 15.2. The topological polar surface area (TPSA) is 110 Å². The van der Waals surface area contributed by atoms with Crippen LogP contribution < -0.4 is 5.32 Å². The van der Waals surface area contributed by atoms with Gasteiger partial charge in [0.05, 0.1) is 11.9 Å². The summed E-state index contributed by atoms with van der Waals surface area (Å²) in [6.45, 7) is 0.161. The molecule has 0 radical (unpaired) electrons. The minimum Gasteiger partial charge on any atom is -0.479 e. The van der Waals surface area contributed by atoms with Gasteiger partial charge in [-0.2, -0.15) is 0 Å². The predicted octanol–water partition coefficient (Wildman–Crippen LogP) is -0.298. The molecule has 0 aromatic rings. The number of hydrogen-bond donors (Lipinski definition) is 2. The number of rotatable bonds is 4. The number of nitrogens with one attached hydrogen (secondary N) is 1. The Kier molecular flexibility index (Phi) is 4.64. The second-order valence-corrected chi connectivity index (χ2v) is 7.56. The number of carboxylic acid groups (broad SMARTS) is 1. The Morgan fingerprint density at radius 2 is 1.95 bits per heavy atom. The third-order valence-electron chi connectivity index (χ3n) is 3.76. The maximum absolute atomic E-state index is 11.9. The van der Waals surface area contributed by atoms with Gasteiger partial charge in [-0.15, -0.1) is 0 Å². The monoisotopic (exact) mass is 305 g/mol. The maximum atomic E-state index is 11.9. The van der Waals surface area contributed by atoms with Crippen molar-refractivity contribution in [2.75, 3.05) is 12.3 Å². The van der Waals surface area contributed by atoms with Crippen LogP contribution in [0.25, 0.3) is 0 Å². The van der Waals surface area contributed by atoms with Gasteiger partial charge in [-0.3, -0.25) is 4.79 Å². The lowest BCUT2D eigenvalue weighted by Gasteiger charge is -2.22. The third-order valence-corrected chi connectivity index (χ3v) is 5.93. The number of hydrogen-bond acceptors (Lipinski definition) is 5. The lowest BCUT2D eigenvalue weighted by atomic mass is 10.1. The Labute approximate surface area is 117 Å². The largest absolute Gasteiger partial charge is 0.479 e. The fraction of sp³-hybridized carbons (Fsp3) is 0.833. The van der Waals surface area contributed by atoms with Crippen LogP contribution in [0.5, 0.6) is 0 Å². The van der Waals surface area contributed by atoms with Gasteiger partial charge in [0.2, 0.25) is 5.91 Å². The highest BCUT2D eigenvalue weighted by atomic mass is 32.2. The summed E-state index contributed by atoms with van der Waals surface area (Å²) in [4.78, 5) is 22.6. The minimum atomic E-state index is -3.34. The van der Waals surface area contributed by atoms with E-state index in [-0.39, 0.29) is 18.4 Å². The molecule has 3 unspecified atom stereocenters. The number of carbonyl (C=O) groups excluding carboxylic acids is 1. The number of sulfone groups is 1. The normalized spacial score (nSPS) is 32.7. The van der Waals surface area contributed by atoms with E-state index in [2.05, 4.69) is 5.32 Å². The summed E-state index contributed by atoms with van der Waals surface area (Å²) in [5.41, 5.74) is 0. The van der Waals surface area contributed by atoms with Gasteiger partial charge in [0.25, 0.3) is 0 Å². The van der Waals surface area contributed by atoms with E-state index >= 15 is 0 Å². The van der Waals surface area contributed by atoms with Gasteiger partial charge in [0, 0.05) is 6.54 Å². The van der Waals surface area contributed by atoms with E-state index in [0.29, 0.717) is 25.7 Å². The molecule has 1 amide bonds. The van der Waals surface area contributed by atoms with Crippen LogP contribution in [0.15, 0.2) is 0 Å². The smallest absolute Gasteiger partial charge is 0.332 e. The van der Waals surface area contributed by atoms with E-state index in [1.807, 2.05) is 0 Å². The standard InChI is InChI=1S/C12H19NO6S/c14-11(10-3-1-2-6-20(10,17)18)13-7-8-4-5-9(19-8)12(15)16/h8-10H,1-7H2,(H,13,14)(H,15,16). The van der Waals surface area contributed by atoms with Crippen molar-refractivity contribution in [2.45, 2.75) is 49.6 Å².